The van der Waals surface area contributed by atoms with E-state index in [-0.39, 0.29) is 11.4 Å². The van der Waals surface area contributed by atoms with Crippen LogP contribution in [0.1, 0.15) is 5.56 Å². The van der Waals surface area contributed by atoms with Crippen molar-refractivity contribution in [2.24, 2.45) is 0 Å². The standard InChI is InChI=1S/C11H11NO5/c1-16-10(11(13)17-2)7-8-4-3-5-9(6-8)12(14)15/h3-7H,1-2H3. The monoisotopic (exact) mass is 237 g/mol. The van der Waals surface area contributed by atoms with Gasteiger partial charge in [0.15, 0.2) is 0 Å². The van der Waals surface area contributed by atoms with E-state index in [4.69, 9.17) is 4.74 Å². The Morgan fingerprint density at radius 1 is 1.35 bits per heavy atom. The van der Waals surface area contributed by atoms with Crippen molar-refractivity contribution in [2.45, 2.75) is 0 Å². The molecule has 1 aromatic rings. The van der Waals surface area contributed by atoms with Crippen LogP contribution in [0.5, 0.6) is 0 Å². The second kappa shape index (κ2) is 5.64. The molecule has 17 heavy (non-hydrogen) atoms. The Labute approximate surface area is 97.6 Å². The van der Waals surface area contributed by atoms with Gasteiger partial charge in [-0.15, -0.1) is 0 Å². The summed E-state index contributed by atoms with van der Waals surface area (Å²) in [4.78, 5) is 21.3. The van der Waals surface area contributed by atoms with Crippen LogP contribution >= 0.6 is 0 Å². The molecule has 0 saturated carbocycles. The molecule has 0 aliphatic carbocycles. The molecular formula is C11H11NO5. The third-order valence-electron chi connectivity index (χ3n) is 1.99. The summed E-state index contributed by atoms with van der Waals surface area (Å²) >= 11 is 0. The summed E-state index contributed by atoms with van der Waals surface area (Å²) in [6.45, 7) is 0. The summed E-state index contributed by atoms with van der Waals surface area (Å²) < 4.78 is 9.31. The molecule has 0 spiro atoms. The van der Waals surface area contributed by atoms with Crippen molar-refractivity contribution in [1.82, 2.24) is 0 Å². The van der Waals surface area contributed by atoms with Crippen LogP contribution in [0.3, 0.4) is 0 Å². The number of hydrogen-bond donors (Lipinski definition) is 0. The fourth-order valence-corrected chi connectivity index (χ4v) is 1.18. The first kappa shape index (κ1) is 12.7. The first-order chi connectivity index (χ1) is 8.08. The summed E-state index contributed by atoms with van der Waals surface area (Å²) in [5.41, 5.74) is 0.431. The molecule has 0 bridgehead atoms. The Morgan fingerprint density at radius 3 is 2.59 bits per heavy atom. The highest BCUT2D eigenvalue weighted by atomic mass is 16.6. The minimum Gasteiger partial charge on any atom is -0.490 e. The molecule has 0 radical (unpaired) electrons. The molecule has 0 heterocycles. The number of non-ortho nitro benzene ring substituents is 1. The zero-order valence-electron chi connectivity index (χ0n) is 9.38. The third-order valence-corrected chi connectivity index (χ3v) is 1.99. The van der Waals surface area contributed by atoms with Crippen LogP contribution in [-0.2, 0) is 14.3 Å². The zero-order chi connectivity index (χ0) is 12.8. The lowest BCUT2D eigenvalue weighted by Crippen LogP contribution is -2.06. The lowest BCUT2D eigenvalue weighted by atomic mass is 10.2. The zero-order valence-corrected chi connectivity index (χ0v) is 9.38. The van der Waals surface area contributed by atoms with E-state index in [1.165, 1.54) is 38.5 Å². The predicted octanol–water partition coefficient (Wildman–Crippen LogP) is 1.76. The van der Waals surface area contributed by atoms with Gasteiger partial charge in [-0.1, -0.05) is 12.1 Å². The van der Waals surface area contributed by atoms with E-state index in [1.54, 1.807) is 6.07 Å². The lowest BCUT2D eigenvalue weighted by molar-refractivity contribution is -0.384. The van der Waals surface area contributed by atoms with Gasteiger partial charge in [0.25, 0.3) is 5.69 Å². The number of esters is 1. The third kappa shape index (κ3) is 3.30. The van der Waals surface area contributed by atoms with E-state index in [1.807, 2.05) is 0 Å². The number of nitro benzene ring substituents is 1. The van der Waals surface area contributed by atoms with Gasteiger partial charge >= 0.3 is 5.97 Å². The van der Waals surface area contributed by atoms with Crippen LogP contribution in [0, 0.1) is 10.1 Å². The van der Waals surface area contributed by atoms with Gasteiger partial charge in [0.05, 0.1) is 19.1 Å². The lowest BCUT2D eigenvalue weighted by Gasteiger charge is -2.03. The first-order valence-corrected chi connectivity index (χ1v) is 4.67. The van der Waals surface area contributed by atoms with E-state index in [9.17, 15) is 14.9 Å². The molecule has 0 aliphatic rings. The molecule has 0 aromatic heterocycles. The number of benzene rings is 1. The molecule has 0 atom stereocenters. The van der Waals surface area contributed by atoms with Crippen LogP contribution < -0.4 is 0 Å². The average molecular weight is 237 g/mol. The number of carbonyl (C=O) groups excluding carboxylic acids is 1. The van der Waals surface area contributed by atoms with Crippen LogP contribution in [-0.4, -0.2) is 25.1 Å². The van der Waals surface area contributed by atoms with E-state index >= 15 is 0 Å². The largest absolute Gasteiger partial charge is 0.490 e. The molecule has 0 N–H and O–H groups in total. The molecule has 6 heteroatoms. The van der Waals surface area contributed by atoms with Crippen molar-refractivity contribution in [3.05, 3.63) is 45.7 Å². The first-order valence-electron chi connectivity index (χ1n) is 4.67. The van der Waals surface area contributed by atoms with Gasteiger partial charge < -0.3 is 9.47 Å². The fourth-order valence-electron chi connectivity index (χ4n) is 1.18. The van der Waals surface area contributed by atoms with E-state index in [2.05, 4.69) is 4.74 Å². The van der Waals surface area contributed by atoms with Crippen LogP contribution in [0.25, 0.3) is 6.08 Å². The molecule has 0 aliphatic heterocycles. The van der Waals surface area contributed by atoms with Crippen molar-refractivity contribution >= 4 is 17.7 Å². The molecule has 0 saturated heterocycles. The number of carbonyl (C=O) groups is 1. The van der Waals surface area contributed by atoms with Crippen LogP contribution in [0.15, 0.2) is 30.0 Å². The fraction of sp³-hybridized carbons (Fsp3) is 0.182. The van der Waals surface area contributed by atoms with Crippen molar-refractivity contribution in [3.8, 4) is 0 Å². The summed E-state index contributed by atoms with van der Waals surface area (Å²) in [6, 6.07) is 5.84. The summed E-state index contributed by atoms with van der Waals surface area (Å²) in [5.74, 6) is -0.660. The van der Waals surface area contributed by atoms with E-state index < -0.39 is 10.9 Å². The van der Waals surface area contributed by atoms with E-state index in [0.29, 0.717) is 5.56 Å². The highest BCUT2D eigenvalue weighted by Gasteiger charge is 2.11. The highest BCUT2D eigenvalue weighted by Crippen LogP contribution is 2.16. The van der Waals surface area contributed by atoms with E-state index in [0.717, 1.165) is 0 Å². The molecule has 0 fully saturated rings. The summed E-state index contributed by atoms with van der Waals surface area (Å²) in [6.07, 6.45) is 1.37. The van der Waals surface area contributed by atoms with Gasteiger partial charge in [-0.3, -0.25) is 10.1 Å². The van der Waals surface area contributed by atoms with Crippen molar-refractivity contribution < 1.29 is 19.2 Å². The maximum Gasteiger partial charge on any atom is 0.373 e. The summed E-state index contributed by atoms with van der Waals surface area (Å²) in [7, 11) is 2.54. The van der Waals surface area contributed by atoms with Crippen LogP contribution in [0.2, 0.25) is 0 Å². The number of nitro groups is 1. The second-order valence-electron chi connectivity index (χ2n) is 3.06. The Hall–Kier alpha value is -2.37. The molecule has 90 valence electrons. The normalized spacial score (nSPS) is 10.8. The van der Waals surface area contributed by atoms with Crippen molar-refractivity contribution in [1.29, 1.82) is 0 Å². The predicted molar refractivity (Wildman–Crippen MR) is 60.1 cm³/mol. The number of rotatable bonds is 4. The van der Waals surface area contributed by atoms with Crippen LogP contribution in [0.4, 0.5) is 5.69 Å². The maximum absolute atomic E-state index is 11.2. The smallest absolute Gasteiger partial charge is 0.373 e. The topological polar surface area (TPSA) is 78.7 Å². The molecule has 6 nitrogen and oxygen atoms in total. The van der Waals surface area contributed by atoms with Gasteiger partial charge in [-0.05, 0) is 11.6 Å². The Morgan fingerprint density at radius 2 is 2.06 bits per heavy atom. The molecule has 0 amide bonds. The Bertz CT molecular complexity index is 467. The molecule has 0 unspecified atom stereocenters. The number of hydrogen-bond acceptors (Lipinski definition) is 5. The van der Waals surface area contributed by atoms with Gasteiger partial charge in [0.1, 0.15) is 0 Å². The van der Waals surface area contributed by atoms with Crippen molar-refractivity contribution in [2.75, 3.05) is 14.2 Å². The number of methoxy groups -OCH3 is 2. The van der Waals surface area contributed by atoms with Crippen molar-refractivity contribution in [3.63, 3.8) is 0 Å². The number of ether oxygens (including phenoxy) is 2. The minimum absolute atomic E-state index is 0.0204. The Balaban J connectivity index is 3.07. The average Bonchev–Trinajstić information content (AvgIpc) is 2.35. The van der Waals surface area contributed by atoms with Gasteiger partial charge in [-0.2, -0.15) is 0 Å². The Kier molecular flexibility index (Phi) is 4.21. The van der Waals surface area contributed by atoms with Gasteiger partial charge in [0.2, 0.25) is 5.76 Å². The number of nitrogens with zero attached hydrogens (tertiary/aromatic N) is 1. The second-order valence-corrected chi connectivity index (χ2v) is 3.06. The highest BCUT2D eigenvalue weighted by molar-refractivity contribution is 5.91. The minimum atomic E-state index is -0.640. The molecule has 1 aromatic carbocycles. The van der Waals surface area contributed by atoms with Gasteiger partial charge in [-0.25, -0.2) is 4.79 Å². The quantitative estimate of drug-likeness (QED) is 0.262. The van der Waals surface area contributed by atoms with Gasteiger partial charge in [0, 0.05) is 12.1 Å². The SMILES string of the molecule is COC(=O)C(=Cc1cccc([N+](=O)[O-])c1)OC. The maximum atomic E-state index is 11.2. The molecular weight excluding hydrogens is 226 g/mol. The molecule has 1 rings (SSSR count). The summed E-state index contributed by atoms with van der Waals surface area (Å²) in [5, 5.41) is 10.6.